The second kappa shape index (κ2) is 8.34. The van der Waals surface area contributed by atoms with Crippen molar-refractivity contribution in [2.75, 3.05) is 23.8 Å². The van der Waals surface area contributed by atoms with Crippen LogP contribution in [0.5, 0.6) is 0 Å². The van der Waals surface area contributed by atoms with Crippen LogP contribution in [0.2, 0.25) is 5.02 Å². The summed E-state index contributed by atoms with van der Waals surface area (Å²) < 4.78 is 14.0. The molecule has 0 aromatic heterocycles. The molecule has 3 aliphatic rings. The van der Waals surface area contributed by atoms with Gasteiger partial charge in [0.1, 0.15) is 5.82 Å². The molecule has 3 atom stereocenters. The molecule has 0 bridgehead atoms. The first-order valence-corrected chi connectivity index (χ1v) is 12.9. The van der Waals surface area contributed by atoms with Crippen molar-refractivity contribution in [1.29, 1.82) is 0 Å². The number of likely N-dealkylation sites (tertiary alicyclic amines) is 1. The van der Waals surface area contributed by atoms with E-state index in [9.17, 15) is 14.0 Å². The van der Waals surface area contributed by atoms with Gasteiger partial charge in [-0.25, -0.2) is 4.39 Å². The van der Waals surface area contributed by atoms with E-state index in [0.717, 1.165) is 12.0 Å². The first-order valence-electron chi connectivity index (χ1n) is 12.1. The number of carbonyl (C=O) groups excluding carboxylic acids is 2. The molecule has 2 spiro atoms. The number of halogens is 2. The highest BCUT2D eigenvalue weighted by Gasteiger charge is 2.77. The van der Waals surface area contributed by atoms with Gasteiger partial charge in [-0.2, -0.15) is 0 Å². The average Bonchev–Trinajstić information content (AvgIpc) is 3.44. The van der Waals surface area contributed by atoms with E-state index >= 15 is 0 Å². The Morgan fingerprint density at radius 2 is 1.84 bits per heavy atom. The molecule has 3 heterocycles. The molecule has 6 rings (SSSR count). The van der Waals surface area contributed by atoms with Crippen molar-refractivity contribution in [3.8, 4) is 0 Å². The third-order valence-corrected chi connectivity index (χ3v) is 8.59. The molecule has 188 valence electrons. The zero-order valence-electron chi connectivity index (χ0n) is 20.2. The van der Waals surface area contributed by atoms with Crippen molar-refractivity contribution in [3.05, 3.63) is 94.3 Å². The van der Waals surface area contributed by atoms with Crippen LogP contribution in [0.25, 0.3) is 0 Å². The van der Waals surface area contributed by atoms with Gasteiger partial charge in [-0.3, -0.25) is 19.4 Å². The van der Waals surface area contributed by atoms with Crippen LogP contribution >= 0.6 is 23.8 Å². The number of hydrogen-bond donors (Lipinski definition) is 2. The molecule has 3 aromatic carbocycles. The zero-order chi connectivity index (χ0) is 26.1. The molecule has 3 aromatic rings. The summed E-state index contributed by atoms with van der Waals surface area (Å²) in [6, 6.07) is 19.6. The highest BCUT2D eigenvalue weighted by molar-refractivity contribution is 7.80. The van der Waals surface area contributed by atoms with E-state index in [-0.39, 0.29) is 21.9 Å². The first kappa shape index (κ1) is 24.0. The second-order valence-corrected chi connectivity index (χ2v) is 10.5. The molecule has 2 amide bonds. The number of likely N-dealkylation sites (N-methyl/N-ethyl adjacent to an activating group) is 1. The summed E-state index contributed by atoms with van der Waals surface area (Å²) in [6.07, 6.45) is 0.885. The van der Waals surface area contributed by atoms with Crippen molar-refractivity contribution in [2.45, 2.75) is 30.3 Å². The van der Waals surface area contributed by atoms with Crippen molar-refractivity contribution in [2.24, 2.45) is 0 Å². The number of fused-ring (bicyclic) bond motifs is 3. The number of nitrogens with zero attached hydrogens (tertiary/aromatic N) is 2. The summed E-state index contributed by atoms with van der Waals surface area (Å²) in [4.78, 5) is 32.0. The smallest absolute Gasteiger partial charge is 0.262 e. The highest BCUT2D eigenvalue weighted by Crippen LogP contribution is 2.59. The van der Waals surface area contributed by atoms with Gasteiger partial charge >= 0.3 is 0 Å². The molecule has 1 unspecified atom stereocenters. The number of aryl methyl sites for hydroxylation is 1. The topological polar surface area (TPSA) is 64.7 Å². The monoisotopic (exact) mass is 534 g/mol. The minimum absolute atomic E-state index is 0.122. The van der Waals surface area contributed by atoms with E-state index < -0.39 is 22.8 Å². The number of amides is 2. The molecule has 3 aliphatic heterocycles. The largest absolute Gasteiger partial charge is 0.345 e. The Labute approximate surface area is 224 Å². The molecule has 0 saturated carbocycles. The summed E-state index contributed by atoms with van der Waals surface area (Å²) in [6.45, 7) is 2.51. The number of nitrogens with one attached hydrogen (secondary N) is 2. The predicted molar refractivity (Wildman–Crippen MR) is 145 cm³/mol. The first-order chi connectivity index (χ1) is 17.8. The quantitative estimate of drug-likeness (QED) is 0.482. The van der Waals surface area contributed by atoms with Crippen molar-refractivity contribution >= 4 is 52.1 Å². The Morgan fingerprint density at radius 3 is 2.54 bits per heavy atom. The number of benzene rings is 3. The second-order valence-electron chi connectivity index (χ2n) is 9.72. The summed E-state index contributed by atoms with van der Waals surface area (Å²) in [5.41, 5.74) is 0.943. The molecular formula is C28H24ClFN4O2S. The van der Waals surface area contributed by atoms with Crippen molar-refractivity contribution in [3.63, 3.8) is 0 Å². The summed E-state index contributed by atoms with van der Waals surface area (Å²) >= 11 is 11.8. The van der Waals surface area contributed by atoms with Gasteiger partial charge in [0, 0.05) is 23.7 Å². The van der Waals surface area contributed by atoms with Gasteiger partial charge in [-0.05, 0) is 61.1 Å². The number of para-hydroxylation sites is 1. The summed E-state index contributed by atoms with van der Waals surface area (Å²) in [5, 5.41) is 6.36. The lowest BCUT2D eigenvalue weighted by Gasteiger charge is -2.42. The molecule has 2 saturated heterocycles. The standard InChI is InChI=1S/C28H24ClFN4O2S/c1-3-16-8-10-17(11-9-16)20-15-33(2)28(19-6-4-5-7-23(19)31-24(28)35)27(20)25(36)34(26(37)32-27)18-12-13-22(30)21(29)14-18/h4-14,20H,3,15H2,1-2H3,(H,31,35)(H,32,37)/t20?,27-,28+/m0/s1. The fraction of sp³-hybridized carbons (Fsp3) is 0.250. The molecule has 2 N–H and O–H groups in total. The molecular weight excluding hydrogens is 511 g/mol. The number of hydrogen-bond acceptors (Lipinski definition) is 4. The van der Waals surface area contributed by atoms with Gasteiger partial charge in [-0.1, -0.05) is 61.0 Å². The van der Waals surface area contributed by atoms with Gasteiger partial charge in [0.15, 0.2) is 16.2 Å². The molecule has 2 fully saturated rings. The number of rotatable bonds is 3. The van der Waals surface area contributed by atoms with Gasteiger partial charge < -0.3 is 10.6 Å². The molecule has 0 aliphatic carbocycles. The normalized spacial score (nSPS) is 26.8. The minimum atomic E-state index is -1.47. The maximum absolute atomic E-state index is 14.7. The van der Waals surface area contributed by atoms with Crippen LogP contribution in [-0.4, -0.2) is 41.0 Å². The third kappa shape index (κ3) is 3.03. The maximum atomic E-state index is 14.7. The van der Waals surface area contributed by atoms with Gasteiger partial charge in [0.25, 0.3) is 11.8 Å². The van der Waals surface area contributed by atoms with Crippen molar-refractivity contribution in [1.82, 2.24) is 10.2 Å². The van der Waals surface area contributed by atoms with Gasteiger partial charge in [-0.15, -0.1) is 0 Å². The van der Waals surface area contributed by atoms with E-state index in [1.54, 1.807) is 0 Å². The van der Waals surface area contributed by atoms with E-state index in [1.165, 1.54) is 28.7 Å². The highest BCUT2D eigenvalue weighted by atomic mass is 35.5. The summed E-state index contributed by atoms with van der Waals surface area (Å²) in [5.74, 6) is -1.71. The Morgan fingerprint density at radius 1 is 1.11 bits per heavy atom. The fourth-order valence-corrected chi connectivity index (χ4v) is 6.87. The van der Waals surface area contributed by atoms with Crippen LogP contribution in [0, 0.1) is 5.82 Å². The van der Waals surface area contributed by atoms with Crippen LogP contribution in [0.15, 0.2) is 66.7 Å². The van der Waals surface area contributed by atoms with E-state index in [1.807, 2.05) is 60.5 Å². The Balaban J connectivity index is 1.61. The van der Waals surface area contributed by atoms with E-state index in [4.69, 9.17) is 23.8 Å². The molecule has 37 heavy (non-hydrogen) atoms. The molecule has 9 heteroatoms. The van der Waals surface area contributed by atoms with Crippen LogP contribution in [0.3, 0.4) is 0 Å². The average molecular weight is 535 g/mol. The van der Waals surface area contributed by atoms with Crippen LogP contribution in [-0.2, 0) is 21.5 Å². The minimum Gasteiger partial charge on any atom is -0.345 e. The number of anilines is 2. The third-order valence-electron chi connectivity index (χ3n) is 8.02. The fourth-order valence-electron chi connectivity index (χ4n) is 6.34. The van der Waals surface area contributed by atoms with Crippen LogP contribution in [0.4, 0.5) is 15.8 Å². The predicted octanol–water partition coefficient (Wildman–Crippen LogP) is 4.58. The lowest BCUT2D eigenvalue weighted by Crippen LogP contribution is -2.68. The van der Waals surface area contributed by atoms with Crippen molar-refractivity contribution < 1.29 is 14.0 Å². The number of carbonyl (C=O) groups is 2. The lowest BCUT2D eigenvalue weighted by molar-refractivity contribution is -0.137. The van der Waals surface area contributed by atoms with Gasteiger partial charge in [0.2, 0.25) is 0 Å². The molecule has 0 radical (unpaired) electrons. The summed E-state index contributed by atoms with van der Waals surface area (Å²) in [7, 11) is 1.86. The van der Waals surface area contributed by atoms with E-state index in [0.29, 0.717) is 23.5 Å². The van der Waals surface area contributed by atoms with Gasteiger partial charge in [0.05, 0.1) is 10.7 Å². The Bertz CT molecular complexity index is 1480. The Hall–Kier alpha value is -3.33. The van der Waals surface area contributed by atoms with Crippen LogP contribution in [0.1, 0.15) is 29.5 Å². The Kier molecular flexibility index (Phi) is 5.42. The molecule has 6 nitrogen and oxygen atoms in total. The maximum Gasteiger partial charge on any atom is 0.262 e. The zero-order valence-corrected chi connectivity index (χ0v) is 21.8. The van der Waals surface area contributed by atoms with Crippen LogP contribution < -0.4 is 15.5 Å². The lowest BCUT2D eigenvalue weighted by atomic mass is 9.67. The SMILES string of the molecule is CCc1ccc(C2CN(C)[C@]3(C(=O)Nc4ccccc43)[C@]23NC(=S)N(c2ccc(F)c(Cl)c2)C3=O)cc1. The van der Waals surface area contributed by atoms with E-state index in [2.05, 4.69) is 17.6 Å². The number of thiocarbonyl (C=S) groups is 1.